The maximum absolute atomic E-state index is 13.7. The minimum Gasteiger partial charge on any atom is -0.496 e. The second kappa shape index (κ2) is 10.7. The third-order valence-corrected chi connectivity index (χ3v) is 8.11. The number of hydrogen-bond donors (Lipinski definition) is 0. The smallest absolute Gasteiger partial charge is 0.339 e. The van der Waals surface area contributed by atoms with E-state index in [1.165, 1.54) is 19.2 Å². The van der Waals surface area contributed by atoms with Crippen molar-refractivity contribution in [1.82, 2.24) is 0 Å². The van der Waals surface area contributed by atoms with Gasteiger partial charge in [0.15, 0.2) is 11.5 Å². The molecular weight excluding hydrogens is 526 g/mol. The third kappa shape index (κ3) is 4.71. The lowest BCUT2D eigenvalue weighted by Gasteiger charge is -2.40. The number of aldehydes is 1. The molecule has 3 aromatic rings. The van der Waals surface area contributed by atoms with E-state index in [0.717, 1.165) is 24.7 Å². The van der Waals surface area contributed by atoms with Crippen LogP contribution in [0.25, 0.3) is 21.5 Å². The highest BCUT2D eigenvalue weighted by molar-refractivity contribution is 6.22. The fourth-order valence-corrected chi connectivity index (χ4v) is 6.19. The highest BCUT2D eigenvalue weighted by Gasteiger charge is 2.38. The number of nitrogens with zero attached hydrogens (tertiary/aromatic N) is 1. The molecule has 0 N–H and O–H groups in total. The molecule has 5 rings (SSSR count). The number of allylic oxidation sites excluding steroid dienone is 3. The summed E-state index contributed by atoms with van der Waals surface area (Å²) >= 11 is 0. The summed E-state index contributed by atoms with van der Waals surface area (Å²) in [6, 6.07) is 8.09. The van der Waals surface area contributed by atoms with Crippen LogP contribution in [0.3, 0.4) is 0 Å². The molecule has 0 radical (unpaired) electrons. The minimum absolute atomic E-state index is 0.00470. The minimum atomic E-state index is -0.736. The zero-order valence-electron chi connectivity index (χ0n) is 23.2. The average Bonchev–Trinajstić information content (AvgIpc) is 3.44. The number of esters is 1. The Balaban J connectivity index is 1.58. The lowest BCUT2D eigenvalue weighted by Crippen LogP contribution is -2.33. The lowest BCUT2D eigenvalue weighted by molar-refractivity contribution is -0.383. The van der Waals surface area contributed by atoms with E-state index in [2.05, 4.69) is 19.2 Å². The standard InChI is InChI=1S/C32H31NO8/c1-6-32(4)12-8-9-20(29(32)18(2)16-34)13-19(3)41-31(35)23-15-26-30(40-17-39-26)28-21-10-7-11-25(38-5)22(21)14-24(27(23)28)33(36)37/h6-7,9-11,14-16,19,29H,1-2,8,12-13,17H2,3-5H3/t19-,29+,32-/m0/s1. The largest absolute Gasteiger partial charge is 0.496 e. The number of ether oxygens (including phenoxy) is 4. The van der Waals surface area contributed by atoms with Crippen molar-refractivity contribution in [3.05, 3.63) is 82.5 Å². The number of methoxy groups -OCH3 is 1. The molecule has 9 nitrogen and oxygen atoms in total. The number of benzene rings is 3. The Morgan fingerprint density at radius 1 is 1.27 bits per heavy atom. The number of fused-ring (bicyclic) bond motifs is 5. The second-order valence-electron chi connectivity index (χ2n) is 10.7. The molecule has 0 saturated heterocycles. The van der Waals surface area contributed by atoms with Crippen LogP contribution < -0.4 is 14.2 Å². The highest BCUT2D eigenvalue weighted by atomic mass is 16.7. The fourth-order valence-electron chi connectivity index (χ4n) is 6.19. The van der Waals surface area contributed by atoms with Crippen molar-refractivity contribution in [3.8, 4) is 17.2 Å². The number of nitro benzene ring substituents is 1. The maximum Gasteiger partial charge on any atom is 0.339 e. The molecule has 0 amide bonds. The molecule has 0 saturated carbocycles. The van der Waals surface area contributed by atoms with Gasteiger partial charge in [0, 0.05) is 29.2 Å². The summed E-state index contributed by atoms with van der Waals surface area (Å²) in [5, 5.41) is 13.9. The maximum atomic E-state index is 13.7. The van der Waals surface area contributed by atoms with Crippen LogP contribution in [-0.4, -0.2) is 37.2 Å². The molecule has 212 valence electrons. The first kappa shape index (κ1) is 27.9. The number of hydrogen-bond acceptors (Lipinski definition) is 8. The van der Waals surface area contributed by atoms with Gasteiger partial charge in [0.05, 0.1) is 23.0 Å². The predicted octanol–water partition coefficient (Wildman–Crippen LogP) is 6.86. The Hall–Kier alpha value is -4.66. The van der Waals surface area contributed by atoms with Gasteiger partial charge in [-0.25, -0.2) is 4.79 Å². The molecule has 9 heteroatoms. The van der Waals surface area contributed by atoms with Gasteiger partial charge in [-0.3, -0.25) is 14.9 Å². The molecule has 3 atom stereocenters. The van der Waals surface area contributed by atoms with Crippen LogP contribution in [0.2, 0.25) is 0 Å². The Morgan fingerprint density at radius 2 is 2.05 bits per heavy atom. The Labute approximate surface area is 237 Å². The predicted molar refractivity (Wildman–Crippen MR) is 155 cm³/mol. The molecule has 0 unspecified atom stereocenters. The van der Waals surface area contributed by atoms with E-state index in [9.17, 15) is 19.7 Å². The molecule has 0 bridgehead atoms. The van der Waals surface area contributed by atoms with Gasteiger partial charge in [-0.05, 0) is 48.3 Å². The van der Waals surface area contributed by atoms with E-state index in [1.807, 2.05) is 13.0 Å². The molecule has 0 aromatic heterocycles. The van der Waals surface area contributed by atoms with Gasteiger partial charge < -0.3 is 18.9 Å². The summed E-state index contributed by atoms with van der Waals surface area (Å²) < 4.78 is 22.7. The SMILES string of the molecule is C=C[C@@]1(C)CCC=C(C[C@H](C)OC(=O)c2cc3c(c4c2c([N+](=O)[O-])cc2c(OC)cccc24)OCO3)[C@H]1C(=C)C=O. The van der Waals surface area contributed by atoms with Crippen molar-refractivity contribution in [2.24, 2.45) is 11.3 Å². The summed E-state index contributed by atoms with van der Waals surface area (Å²) in [5.74, 6) is 0.0557. The van der Waals surface area contributed by atoms with Crippen LogP contribution >= 0.6 is 0 Å². The number of carbonyl (C=O) groups excluding carboxylic acids is 2. The van der Waals surface area contributed by atoms with E-state index in [1.54, 1.807) is 25.1 Å². The van der Waals surface area contributed by atoms with Crippen LogP contribution in [-0.2, 0) is 9.53 Å². The summed E-state index contributed by atoms with van der Waals surface area (Å²) in [6.07, 6.45) is 6.04. The Kier molecular flexibility index (Phi) is 7.29. The van der Waals surface area contributed by atoms with Gasteiger partial charge in [-0.15, -0.1) is 6.58 Å². The molecule has 2 aliphatic rings. The van der Waals surface area contributed by atoms with Gasteiger partial charge in [-0.2, -0.15) is 0 Å². The van der Waals surface area contributed by atoms with Crippen molar-refractivity contribution < 1.29 is 33.5 Å². The molecule has 3 aromatic carbocycles. The zero-order valence-corrected chi connectivity index (χ0v) is 23.2. The van der Waals surface area contributed by atoms with Crippen LogP contribution in [0.15, 0.2) is 66.8 Å². The van der Waals surface area contributed by atoms with E-state index in [0.29, 0.717) is 45.4 Å². The number of rotatable bonds is 9. The van der Waals surface area contributed by atoms with Gasteiger partial charge in [0.25, 0.3) is 5.69 Å². The van der Waals surface area contributed by atoms with Crippen molar-refractivity contribution in [3.63, 3.8) is 0 Å². The molecule has 0 fully saturated rings. The number of non-ortho nitro benzene ring substituents is 1. The topological polar surface area (TPSA) is 114 Å². The molecule has 1 aliphatic heterocycles. The number of carbonyl (C=O) groups is 2. The summed E-state index contributed by atoms with van der Waals surface area (Å²) in [7, 11) is 1.48. The van der Waals surface area contributed by atoms with Crippen molar-refractivity contribution in [2.75, 3.05) is 13.9 Å². The van der Waals surface area contributed by atoms with Crippen molar-refractivity contribution in [2.45, 2.75) is 39.2 Å². The fraction of sp³-hybridized carbons (Fsp3) is 0.312. The molecular formula is C32H31NO8. The molecule has 1 heterocycles. The summed E-state index contributed by atoms with van der Waals surface area (Å²) in [4.78, 5) is 37.2. The normalized spacial score (nSPS) is 20.3. The van der Waals surface area contributed by atoms with Crippen LogP contribution in [0.4, 0.5) is 5.69 Å². The average molecular weight is 558 g/mol. The van der Waals surface area contributed by atoms with E-state index < -0.39 is 17.0 Å². The van der Waals surface area contributed by atoms with Crippen LogP contribution in [0, 0.1) is 21.4 Å². The van der Waals surface area contributed by atoms with Crippen LogP contribution in [0.5, 0.6) is 17.2 Å². The van der Waals surface area contributed by atoms with Crippen molar-refractivity contribution >= 4 is 39.5 Å². The lowest BCUT2D eigenvalue weighted by atomic mass is 9.64. The van der Waals surface area contributed by atoms with E-state index in [-0.39, 0.29) is 34.8 Å². The van der Waals surface area contributed by atoms with Gasteiger partial charge in [-0.1, -0.05) is 43.4 Å². The molecule has 1 aliphatic carbocycles. The van der Waals surface area contributed by atoms with Crippen LogP contribution in [0.1, 0.15) is 43.5 Å². The Morgan fingerprint density at radius 3 is 2.73 bits per heavy atom. The third-order valence-electron chi connectivity index (χ3n) is 8.11. The van der Waals surface area contributed by atoms with E-state index in [4.69, 9.17) is 18.9 Å². The first-order valence-corrected chi connectivity index (χ1v) is 13.3. The monoisotopic (exact) mass is 557 g/mol. The van der Waals surface area contributed by atoms with Gasteiger partial charge in [0.2, 0.25) is 6.79 Å². The van der Waals surface area contributed by atoms with Gasteiger partial charge >= 0.3 is 5.97 Å². The molecule has 0 spiro atoms. The highest BCUT2D eigenvalue weighted by Crippen LogP contribution is 2.50. The molecule has 41 heavy (non-hydrogen) atoms. The van der Waals surface area contributed by atoms with E-state index >= 15 is 0 Å². The first-order chi connectivity index (χ1) is 19.6. The number of nitro groups is 1. The summed E-state index contributed by atoms with van der Waals surface area (Å²) in [5.41, 5.74) is 0.735. The first-order valence-electron chi connectivity index (χ1n) is 13.3. The summed E-state index contributed by atoms with van der Waals surface area (Å²) in [6.45, 7) is 11.7. The van der Waals surface area contributed by atoms with Crippen molar-refractivity contribution in [1.29, 1.82) is 0 Å². The Bertz CT molecular complexity index is 1650. The zero-order chi connectivity index (χ0) is 29.5. The van der Waals surface area contributed by atoms with Gasteiger partial charge in [0.1, 0.15) is 18.1 Å². The quantitative estimate of drug-likeness (QED) is 0.0533. The second-order valence-corrected chi connectivity index (χ2v) is 10.7.